The molecule has 0 atom stereocenters. The maximum atomic E-state index is 14.6. The van der Waals surface area contributed by atoms with Gasteiger partial charge in [0.2, 0.25) is 5.91 Å². The zero-order valence-corrected chi connectivity index (χ0v) is 20.9. The van der Waals surface area contributed by atoms with Gasteiger partial charge in [0.05, 0.1) is 23.1 Å². The molecule has 0 saturated carbocycles. The van der Waals surface area contributed by atoms with Gasteiger partial charge in [-0.15, -0.1) is 0 Å². The number of aromatic nitrogens is 4. The second-order valence-corrected chi connectivity index (χ2v) is 9.38. The smallest absolute Gasteiger partial charge is 0.224 e. The topological polar surface area (TPSA) is 86.5 Å². The van der Waals surface area contributed by atoms with Crippen LogP contribution in [0.5, 0.6) is 0 Å². The zero-order valence-electron chi connectivity index (χ0n) is 20.9. The molecule has 188 valence electrons. The minimum Gasteiger partial charge on any atom is -0.353 e. The molecule has 0 fully saturated rings. The van der Waals surface area contributed by atoms with Crippen LogP contribution in [0.4, 0.5) is 10.1 Å². The maximum Gasteiger partial charge on any atom is 0.224 e. The van der Waals surface area contributed by atoms with Crippen molar-refractivity contribution in [2.24, 2.45) is 0 Å². The largest absolute Gasteiger partial charge is 0.353 e. The molecule has 0 aliphatic heterocycles. The summed E-state index contributed by atoms with van der Waals surface area (Å²) in [6, 6.07) is 22.7. The lowest BCUT2D eigenvalue weighted by Crippen LogP contribution is -2.11. The van der Waals surface area contributed by atoms with Crippen LogP contribution in [0.1, 0.15) is 26.2 Å². The molecule has 0 spiro atoms. The Morgan fingerprint density at radius 1 is 0.895 bits per heavy atom. The average Bonchev–Trinajstić information content (AvgIpc) is 3.56. The number of unbranched alkanes of at least 4 members (excludes halogenated alkanes) is 1. The number of hydrogen-bond acceptors (Lipinski definition) is 3. The van der Waals surface area contributed by atoms with Crippen molar-refractivity contribution in [1.29, 1.82) is 0 Å². The molecule has 0 radical (unpaired) electrons. The van der Waals surface area contributed by atoms with E-state index in [1.807, 2.05) is 48.5 Å². The number of aromatic amines is 2. The van der Waals surface area contributed by atoms with E-state index in [4.69, 9.17) is 0 Å². The first-order chi connectivity index (χ1) is 18.6. The van der Waals surface area contributed by atoms with Gasteiger partial charge in [0, 0.05) is 40.0 Å². The summed E-state index contributed by atoms with van der Waals surface area (Å²) in [6.45, 7) is 2.06. The van der Waals surface area contributed by atoms with Gasteiger partial charge in [0.25, 0.3) is 0 Å². The number of rotatable bonds is 7. The van der Waals surface area contributed by atoms with Gasteiger partial charge in [0.15, 0.2) is 0 Å². The molecule has 6 nitrogen and oxygen atoms in total. The van der Waals surface area contributed by atoms with Crippen LogP contribution in [0.3, 0.4) is 0 Å². The summed E-state index contributed by atoms with van der Waals surface area (Å²) in [4.78, 5) is 20.0. The van der Waals surface area contributed by atoms with Gasteiger partial charge in [-0.05, 0) is 53.9 Å². The molecular formula is C31H26FN5O. The minimum atomic E-state index is -0.255. The van der Waals surface area contributed by atoms with Crippen LogP contribution >= 0.6 is 0 Å². The van der Waals surface area contributed by atoms with Crippen LogP contribution in [0.15, 0.2) is 85.2 Å². The molecule has 3 heterocycles. The number of pyridine rings is 1. The third-order valence-corrected chi connectivity index (χ3v) is 6.76. The van der Waals surface area contributed by atoms with Gasteiger partial charge in [0.1, 0.15) is 11.5 Å². The molecule has 38 heavy (non-hydrogen) atoms. The van der Waals surface area contributed by atoms with Gasteiger partial charge < -0.3 is 10.3 Å². The maximum absolute atomic E-state index is 14.6. The van der Waals surface area contributed by atoms with Crippen LogP contribution in [0.25, 0.3) is 55.4 Å². The van der Waals surface area contributed by atoms with Crippen molar-refractivity contribution in [3.63, 3.8) is 0 Å². The summed E-state index contributed by atoms with van der Waals surface area (Å²) in [7, 11) is 0. The van der Waals surface area contributed by atoms with Gasteiger partial charge >= 0.3 is 0 Å². The van der Waals surface area contributed by atoms with E-state index in [0.29, 0.717) is 17.7 Å². The molecule has 0 aliphatic carbocycles. The summed E-state index contributed by atoms with van der Waals surface area (Å²) < 4.78 is 14.6. The van der Waals surface area contributed by atoms with E-state index in [1.54, 1.807) is 24.5 Å². The molecule has 0 unspecified atom stereocenters. The van der Waals surface area contributed by atoms with Crippen molar-refractivity contribution < 1.29 is 9.18 Å². The summed E-state index contributed by atoms with van der Waals surface area (Å²) in [5.74, 6) is -0.262. The normalized spacial score (nSPS) is 11.3. The number of anilines is 1. The van der Waals surface area contributed by atoms with Gasteiger partial charge in [-0.25, -0.2) is 4.39 Å². The fourth-order valence-electron chi connectivity index (χ4n) is 4.82. The number of nitrogens with zero attached hydrogens (tertiary/aromatic N) is 2. The Hall–Kier alpha value is -4.78. The van der Waals surface area contributed by atoms with Crippen LogP contribution in [0.2, 0.25) is 0 Å². The Morgan fingerprint density at radius 2 is 1.76 bits per heavy atom. The van der Waals surface area contributed by atoms with Crippen molar-refractivity contribution in [3.05, 3.63) is 91.0 Å². The molecule has 0 bridgehead atoms. The fourth-order valence-corrected chi connectivity index (χ4v) is 4.82. The molecule has 1 amide bonds. The van der Waals surface area contributed by atoms with Crippen LogP contribution in [-0.4, -0.2) is 26.1 Å². The second kappa shape index (κ2) is 9.94. The minimum absolute atomic E-state index is 0.00747. The highest BCUT2D eigenvalue weighted by atomic mass is 19.1. The highest BCUT2D eigenvalue weighted by Gasteiger charge is 2.15. The Bertz CT molecular complexity index is 1780. The van der Waals surface area contributed by atoms with Gasteiger partial charge in [-0.1, -0.05) is 49.7 Å². The predicted molar refractivity (Wildman–Crippen MR) is 150 cm³/mol. The van der Waals surface area contributed by atoms with Crippen molar-refractivity contribution in [3.8, 4) is 33.6 Å². The summed E-state index contributed by atoms with van der Waals surface area (Å²) in [6.07, 6.45) is 5.77. The zero-order chi connectivity index (χ0) is 26.1. The molecule has 3 aromatic heterocycles. The number of amides is 1. The Labute approximate surface area is 218 Å². The fraction of sp³-hybridized carbons (Fsp3) is 0.129. The van der Waals surface area contributed by atoms with Crippen LogP contribution in [0, 0.1) is 5.82 Å². The first-order valence-corrected chi connectivity index (χ1v) is 12.7. The number of carbonyl (C=O) groups excluding carboxylic acids is 1. The third kappa shape index (κ3) is 4.43. The van der Waals surface area contributed by atoms with E-state index in [2.05, 4.69) is 38.5 Å². The van der Waals surface area contributed by atoms with Crippen molar-refractivity contribution in [2.75, 3.05) is 5.32 Å². The average molecular weight is 504 g/mol. The first-order valence-electron chi connectivity index (χ1n) is 12.7. The highest BCUT2D eigenvalue weighted by Crippen LogP contribution is 2.36. The first kappa shape index (κ1) is 23.6. The van der Waals surface area contributed by atoms with E-state index < -0.39 is 0 Å². The number of nitrogens with one attached hydrogen (secondary N) is 3. The van der Waals surface area contributed by atoms with E-state index >= 15 is 0 Å². The van der Waals surface area contributed by atoms with Gasteiger partial charge in [-0.2, -0.15) is 5.10 Å². The van der Waals surface area contributed by atoms with Crippen LogP contribution < -0.4 is 5.32 Å². The summed E-state index contributed by atoms with van der Waals surface area (Å²) >= 11 is 0. The highest BCUT2D eigenvalue weighted by molar-refractivity contribution is 6.02. The van der Waals surface area contributed by atoms with E-state index in [9.17, 15) is 9.18 Å². The third-order valence-electron chi connectivity index (χ3n) is 6.76. The van der Waals surface area contributed by atoms with E-state index in [-0.39, 0.29) is 11.7 Å². The van der Waals surface area contributed by atoms with Gasteiger partial charge in [-0.3, -0.25) is 14.9 Å². The molecule has 0 aliphatic rings. The molecule has 6 rings (SSSR count). The van der Waals surface area contributed by atoms with Crippen molar-refractivity contribution >= 4 is 33.4 Å². The lowest BCUT2D eigenvalue weighted by Gasteiger charge is -2.07. The molecule has 3 N–H and O–H groups in total. The Balaban J connectivity index is 1.38. The second-order valence-electron chi connectivity index (χ2n) is 9.38. The number of halogens is 1. The van der Waals surface area contributed by atoms with Crippen LogP contribution in [-0.2, 0) is 4.79 Å². The quantitative estimate of drug-likeness (QED) is 0.209. The Morgan fingerprint density at radius 3 is 2.63 bits per heavy atom. The number of hydrogen-bond donors (Lipinski definition) is 3. The predicted octanol–water partition coefficient (Wildman–Crippen LogP) is 7.71. The molecule has 7 heteroatoms. The lowest BCUT2D eigenvalue weighted by atomic mass is 10.0. The lowest BCUT2D eigenvalue weighted by molar-refractivity contribution is -0.116. The molecular weight excluding hydrogens is 477 g/mol. The van der Waals surface area contributed by atoms with Crippen molar-refractivity contribution in [2.45, 2.75) is 26.2 Å². The van der Waals surface area contributed by atoms with E-state index in [1.165, 1.54) is 6.07 Å². The Kier molecular flexibility index (Phi) is 6.17. The molecule has 0 saturated heterocycles. The SMILES string of the molecule is CCCCC(=O)Nc1cncc(-c2ccc3[nH]nc(-c4cc5c(-c6ccccc6F)cccc5[nH]4)c3c2)c1. The number of fused-ring (bicyclic) bond motifs is 2. The van der Waals surface area contributed by atoms with E-state index in [0.717, 1.165) is 62.7 Å². The molecule has 6 aromatic rings. The monoisotopic (exact) mass is 503 g/mol. The number of H-pyrrole nitrogens is 2. The number of benzene rings is 3. The summed E-state index contributed by atoms with van der Waals surface area (Å²) in [5.41, 5.74) is 7.33. The number of carbonyl (C=O) groups is 1. The van der Waals surface area contributed by atoms with Crippen molar-refractivity contribution in [1.82, 2.24) is 20.2 Å². The molecule has 3 aromatic carbocycles. The standard InChI is InChI=1S/C31H26FN5O/c1-2-3-11-30(38)34-21-14-20(17-33-18-21)19-12-13-28-25(15-19)31(37-36-28)29-16-24-22(8-6-10-27(24)35-29)23-7-4-5-9-26(23)32/h4-10,12-18,35H,2-3,11H2,1H3,(H,34,38)(H,36,37). The summed E-state index contributed by atoms with van der Waals surface area (Å²) in [5, 5.41) is 12.5.